The minimum atomic E-state index is -0.162. The maximum atomic E-state index is 12.7. The van der Waals surface area contributed by atoms with E-state index in [9.17, 15) is 4.79 Å². The number of amides is 1. The highest BCUT2D eigenvalue weighted by Gasteiger charge is 2.17. The molecule has 0 atom stereocenters. The molecule has 4 aromatic rings. The largest absolute Gasteiger partial charge is 0.361 e. The number of rotatable bonds is 4. The number of nitrogens with one attached hydrogen (secondary N) is 2. The van der Waals surface area contributed by atoms with E-state index in [1.54, 1.807) is 13.0 Å². The van der Waals surface area contributed by atoms with E-state index in [1.807, 2.05) is 31.3 Å². The third-order valence-corrected chi connectivity index (χ3v) is 4.63. The van der Waals surface area contributed by atoms with Crippen LogP contribution in [0.2, 0.25) is 5.02 Å². The standard InChI is InChI=1S/C19H17ClN4O2/c1-10-7-15(17-11(2)24-26-19(17)23-10)18(25)21-6-5-12-9-22-16-4-3-13(20)8-14(12)16/h3-4,7-9,22H,5-6H2,1-2H3,(H,21,25). The zero-order valence-electron chi connectivity index (χ0n) is 14.4. The van der Waals surface area contributed by atoms with Crippen molar-refractivity contribution in [2.75, 3.05) is 6.54 Å². The van der Waals surface area contributed by atoms with Gasteiger partial charge in [0.15, 0.2) is 0 Å². The Balaban J connectivity index is 1.52. The van der Waals surface area contributed by atoms with Gasteiger partial charge in [0.25, 0.3) is 11.6 Å². The molecule has 1 aromatic carbocycles. The topological polar surface area (TPSA) is 83.8 Å². The van der Waals surface area contributed by atoms with Gasteiger partial charge in [0.05, 0.1) is 16.6 Å². The number of pyridine rings is 1. The van der Waals surface area contributed by atoms with Crippen molar-refractivity contribution in [2.45, 2.75) is 20.3 Å². The molecule has 0 spiro atoms. The van der Waals surface area contributed by atoms with Crippen LogP contribution in [0.4, 0.5) is 0 Å². The van der Waals surface area contributed by atoms with E-state index in [-0.39, 0.29) is 5.91 Å². The monoisotopic (exact) mass is 368 g/mol. The lowest BCUT2D eigenvalue weighted by molar-refractivity contribution is 0.0955. The van der Waals surface area contributed by atoms with Crippen LogP contribution in [0, 0.1) is 13.8 Å². The van der Waals surface area contributed by atoms with Crippen molar-refractivity contribution in [1.82, 2.24) is 20.4 Å². The fraction of sp³-hybridized carbons (Fsp3) is 0.211. The van der Waals surface area contributed by atoms with E-state index in [0.29, 0.717) is 46.0 Å². The molecule has 0 radical (unpaired) electrons. The summed E-state index contributed by atoms with van der Waals surface area (Å²) in [5, 5.41) is 9.31. The van der Waals surface area contributed by atoms with Crippen LogP contribution in [-0.4, -0.2) is 27.6 Å². The Hall–Kier alpha value is -2.86. The van der Waals surface area contributed by atoms with Crippen molar-refractivity contribution in [3.8, 4) is 0 Å². The highest BCUT2D eigenvalue weighted by molar-refractivity contribution is 6.31. The van der Waals surface area contributed by atoms with Crippen molar-refractivity contribution >= 4 is 39.5 Å². The van der Waals surface area contributed by atoms with Gasteiger partial charge in [0.2, 0.25) is 0 Å². The molecule has 3 aromatic heterocycles. The first-order valence-electron chi connectivity index (χ1n) is 8.30. The van der Waals surface area contributed by atoms with E-state index in [1.165, 1.54) is 0 Å². The number of aromatic nitrogens is 3. The summed E-state index contributed by atoms with van der Waals surface area (Å²) in [4.78, 5) is 20.2. The van der Waals surface area contributed by atoms with Crippen LogP contribution in [0.1, 0.15) is 27.3 Å². The summed E-state index contributed by atoms with van der Waals surface area (Å²) >= 11 is 6.08. The van der Waals surface area contributed by atoms with Crippen LogP contribution in [0.5, 0.6) is 0 Å². The molecule has 26 heavy (non-hydrogen) atoms. The summed E-state index contributed by atoms with van der Waals surface area (Å²) in [5.41, 5.74) is 4.43. The number of benzene rings is 1. The number of hydrogen-bond acceptors (Lipinski definition) is 4. The summed E-state index contributed by atoms with van der Waals surface area (Å²) in [6.45, 7) is 4.13. The molecule has 0 saturated carbocycles. The second-order valence-corrected chi connectivity index (χ2v) is 6.71. The normalized spacial score (nSPS) is 11.3. The lowest BCUT2D eigenvalue weighted by Gasteiger charge is -2.07. The van der Waals surface area contributed by atoms with Crippen molar-refractivity contribution < 1.29 is 9.32 Å². The van der Waals surface area contributed by atoms with Crippen molar-refractivity contribution in [3.63, 3.8) is 0 Å². The van der Waals surface area contributed by atoms with Crippen LogP contribution in [0.3, 0.4) is 0 Å². The van der Waals surface area contributed by atoms with E-state index in [4.69, 9.17) is 16.1 Å². The van der Waals surface area contributed by atoms with E-state index < -0.39 is 0 Å². The molecule has 0 aliphatic carbocycles. The number of halogens is 1. The molecule has 132 valence electrons. The Labute approximate surface area is 154 Å². The summed E-state index contributed by atoms with van der Waals surface area (Å²) in [7, 11) is 0. The van der Waals surface area contributed by atoms with Crippen molar-refractivity contribution in [3.05, 3.63) is 58.0 Å². The number of hydrogen-bond donors (Lipinski definition) is 2. The molecule has 0 aliphatic heterocycles. The molecular weight excluding hydrogens is 352 g/mol. The second-order valence-electron chi connectivity index (χ2n) is 6.27. The lowest BCUT2D eigenvalue weighted by Crippen LogP contribution is -2.26. The molecule has 1 amide bonds. The Morgan fingerprint density at radius 2 is 2.15 bits per heavy atom. The Morgan fingerprint density at radius 3 is 3.00 bits per heavy atom. The van der Waals surface area contributed by atoms with Gasteiger partial charge in [-0.3, -0.25) is 4.79 Å². The molecule has 0 aliphatic rings. The predicted octanol–water partition coefficient (Wildman–Crippen LogP) is 3.95. The molecule has 2 N–H and O–H groups in total. The fourth-order valence-electron chi connectivity index (χ4n) is 3.16. The van der Waals surface area contributed by atoms with Gasteiger partial charge in [-0.25, -0.2) is 4.98 Å². The van der Waals surface area contributed by atoms with Gasteiger partial charge in [-0.15, -0.1) is 0 Å². The number of nitrogens with zero attached hydrogens (tertiary/aromatic N) is 2. The summed E-state index contributed by atoms with van der Waals surface area (Å²) < 4.78 is 5.19. The molecule has 7 heteroatoms. The smallest absolute Gasteiger partial charge is 0.258 e. The van der Waals surface area contributed by atoms with Crippen LogP contribution in [0.25, 0.3) is 22.0 Å². The SMILES string of the molecule is Cc1cc(C(=O)NCCc2c[nH]c3ccc(Cl)cc23)c2c(C)noc2n1. The Kier molecular flexibility index (Phi) is 4.12. The van der Waals surface area contributed by atoms with Gasteiger partial charge < -0.3 is 14.8 Å². The van der Waals surface area contributed by atoms with Gasteiger partial charge in [-0.1, -0.05) is 16.8 Å². The van der Waals surface area contributed by atoms with E-state index in [0.717, 1.165) is 16.5 Å². The van der Waals surface area contributed by atoms with Crippen LogP contribution in [0.15, 0.2) is 35.0 Å². The van der Waals surface area contributed by atoms with Gasteiger partial charge in [0.1, 0.15) is 0 Å². The first kappa shape index (κ1) is 16.6. The first-order valence-corrected chi connectivity index (χ1v) is 8.68. The number of carbonyl (C=O) groups is 1. The van der Waals surface area contributed by atoms with Gasteiger partial charge >= 0.3 is 0 Å². The molecule has 0 fully saturated rings. The van der Waals surface area contributed by atoms with E-state index in [2.05, 4.69) is 20.4 Å². The van der Waals surface area contributed by atoms with Crippen molar-refractivity contribution in [2.24, 2.45) is 0 Å². The molecular formula is C19H17ClN4O2. The highest BCUT2D eigenvalue weighted by atomic mass is 35.5. The molecule has 4 rings (SSSR count). The van der Waals surface area contributed by atoms with Gasteiger partial charge in [0, 0.05) is 34.4 Å². The predicted molar refractivity (Wildman–Crippen MR) is 101 cm³/mol. The number of fused-ring (bicyclic) bond motifs is 2. The quantitative estimate of drug-likeness (QED) is 0.571. The summed E-state index contributed by atoms with van der Waals surface area (Å²) in [5.74, 6) is -0.162. The van der Waals surface area contributed by atoms with Crippen LogP contribution >= 0.6 is 11.6 Å². The average molecular weight is 369 g/mol. The molecule has 0 unspecified atom stereocenters. The van der Waals surface area contributed by atoms with Crippen LogP contribution in [-0.2, 0) is 6.42 Å². The third kappa shape index (κ3) is 2.93. The van der Waals surface area contributed by atoms with E-state index >= 15 is 0 Å². The zero-order valence-corrected chi connectivity index (χ0v) is 15.1. The minimum Gasteiger partial charge on any atom is -0.361 e. The highest BCUT2D eigenvalue weighted by Crippen LogP contribution is 2.23. The molecule has 0 saturated heterocycles. The maximum Gasteiger partial charge on any atom is 0.258 e. The number of aryl methyl sites for hydroxylation is 2. The Morgan fingerprint density at radius 1 is 1.31 bits per heavy atom. The zero-order chi connectivity index (χ0) is 18.3. The maximum absolute atomic E-state index is 12.7. The number of aromatic amines is 1. The molecule has 6 nitrogen and oxygen atoms in total. The van der Waals surface area contributed by atoms with Gasteiger partial charge in [-0.05, 0) is 50.1 Å². The average Bonchev–Trinajstić information content (AvgIpc) is 3.18. The third-order valence-electron chi connectivity index (χ3n) is 4.40. The summed E-state index contributed by atoms with van der Waals surface area (Å²) in [6, 6.07) is 7.49. The Bertz CT molecular complexity index is 1130. The second kappa shape index (κ2) is 6.46. The van der Waals surface area contributed by atoms with Crippen molar-refractivity contribution in [1.29, 1.82) is 0 Å². The van der Waals surface area contributed by atoms with Crippen LogP contribution < -0.4 is 5.32 Å². The minimum absolute atomic E-state index is 0.162. The lowest BCUT2D eigenvalue weighted by atomic mass is 10.1. The first-order chi connectivity index (χ1) is 12.5. The molecule has 0 bridgehead atoms. The fourth-order valence-corrected chi connectivity index (χ4v) is 3.33. The number of H-pyrrole nitrogens is 1. The number of carbonyl (C=O) groups excluding carboxylic acids is 1. The summed E-state index contributed by atoms with van der Waals surface area (Å²) in [6.07, 6.45) is 2.65. The molecule has 3 heterocycles. The van der Waals surface area contributed by atoms with Gasteiger partial charge in [-0.2, -0.15) is 0 Å².